The lowest BCUT2D eigenvalue weighted by Gasteiger charge is -2.10. The molecular weight excluding hydrogens is 404 g/mol. The van der Waals surface area contributed by atoms with Crippen molar-refractivity contribution in [2.45, 2.75) is 11.9 Å². The minimum Gasteiger partial charge on any atom is -0.340 e. The Morgan fingerprint density at radius 3 is 2.27 bits per heavy atom. The maximum absolute atomic E-state index is 12.2. The summed E-state index contributed by atoms with van der Waals surface area (Å²) in [6.45, 7) is 1.98. The van der Waals surface area contributed by atoms with Crippen molar-refractivity contribution in [3.05, 3.63) is 73.1 Å². The molecule has 10 nitrogen and oxygen atoms in total. The van der Waals surface area contributed by atoms with E-state index in [-0.39, 0.29) is 5.03 Å². The Morgan fingerprint density at radius 2 is 1.57 bits per heavy atom. The summed E-state index contributed by atoms with van der Waals surface area (Å²) in [5.74, 6) is 1.86. The molecule has 152 valence electrons. The van der Waals surface area contributed by atoms with E-state index in [4.69, 9.17) is 0 Å². The van der Waals surface area contributed by atoms with Crippen LogP contribution in [-0.2, 0) is 10.0 Å². The van der Waals surface area contributed by atoms with Crippen LogP contribution in [0.1, 0.15) is 5.56 Å². The highest BCUT2D eigenvalue weighted by atomic mass is 32.2. The van der Waals surface area contributed by atoms with Crippen LogP contribution in [-0.4, -0.2) is 33.3 Å². The van der Waals surface area contributed by atoms with Gasteiger partial charge in [-0.25, -0.2) is 19.9 Å². The van der Waals surface area contributed by atoms with Crippen LogP contribution < -0.4 is 15.4 Å². The van der Waals surface area contributed by atoms with E-state index in [1.165, 1.54) is 18.9 Å². The van der Waals surface area contributed by atoms with Crippen LogP contribution in [0.25, 0.3) is 0 Å². The Balaban J connectivity index is 1.43. The average Bonchev–Trinajstić information content (AvgIpc) is 3.26. The lowest BCUT2D eigenvalue weighted by atomic mass is 10.3. The zero-order valence-corrected chi connectivity index (χ0v) is 16.7. The summed E-state index contributed by atoms with van der Waals surface area (Å²) in [6.07, 6.45) is 5.71. The maximum atomic E-state index is 12.2. The summed E-state index contributed by atoms with van der Waals surface area (Å²) < 4.78 is 26.9. The van der Waals surface area contributed by atoms with Crippen molar-refractivity contribution in [2.75, 3.05) is 15.4 Å². The highest BCUT2D eigenvalue weighted by molar-refractivity contribution is 7.92. The molecule has 11 heteroatoms. The molecule has 4 rings (SSSR count). The first-order chi connectivity index (χ1) is 14.5. The number of benzene rings is 1. The Labute approximate surface area is 172 Å². The van der Waals surface area contributed by atoms with Gasteiger partial charge in [-0.1, -0.05) is 0 Å². The number of hydrogen-bond donors (Lipinski definition) is 4. The van der Waals surface area contributed by atoms with E-state index in [1.54, 1.807) is 36.5 Å². The Hall–Kier alpha value is -3.99. The molecule has 4 aromatic rings. The molecule has 0 spiro atoms. The van der Waals surface area contributed by atoms with Crippen molar-refractivity contribution >= 4 is 38.9 Å². The predicted octanol–water partition coefficient (Wildman–Crippen LogP) is 3.19. The van der Waals surface area contributed by atoms with E-state index in [1.807, 2.05) is 19.1 Å². The molecular formula is C19H18N8O2S. The van der Waals surface area contributed by atoms with Crippen LogP contribution in [0.5, 0.6) is 0 Å². The van der Waals surface area contributed by atoms with Gasteiger partial charge in [0.1, 0.15) is 23.8 Å². The third kappa shape index (κ3) is 4.70. The van der Waals surface area contributed by atoms with E-state index < -0.39 is 10.0 Å². The zero-order chi connectivity index (χ0) is 21.0. The summed E-state index contributed by atoms with van der Waals surface area (Å²) in [7, 11) is -3.70. The second-order valence-corrected chi connectivity index (χ2v) is 8.01. The molecule has 0 aliphatic carbocycles. The first-order valence-corrected chi connectivity index (χ1v) is 10.4. The number of rotatable bonds is 7. The molecule has 0 fully saturated rings. The Bertz CT molecular complexity index is 1240. The Kier molecular flexibility index (Phi) is 5.26. The van der Waals surface area contributed by atoms with Crippen molar-refractivity contribution in [3.8, 4) is 0 Å². The van der Waals surface area contributed by atoms with Gasteiger partial charge in [0, 0.05) is 23.6 Å². The number of sulfonamides is 1. The standard InChI is InChI=1S/C19H18N8O2S/c1-13-6-7-21-16(8-13)26-18-9-17(22-12-23-18)25-14-2-4-15(5-3-14)27-30(28,29)19-10-20-11-24-19/h2-12,27H,1H3,(H,20,24)(H2,21,22,23,25,26). The van der Waals surface area contributed by atoms with Crippen molar-refractivity contribution < 1.29 is 8.42 Å². The summed E-state index contributed by atoms with van der Waals surface area (Å²) >= 11 is 0. The molecule has 30 heavy (non-hydrogen) atoms. The molecule has 0 bridgehead atoms. The van der Waals surface area contributed by atoms with Gasteiger partial charge in [-0.2, -0.15) is 8.42 Å². The maximum Gasteiger partial charge on any atom is 0.278 e. The van der Waals surface area contributed by atoms with Gasteiger partial charge in [0.25, 0.3) is 10.0 Å². The lowest BCUT2D eigenvalue weighted by Crippen LogP contribution is -2.13. The molecule has 0 radical (unpaired) electrons. The summed E-state index contributed by atoms with van der Waals surface area (Å²) in [5, 5.41) is 6.28. The Morgan fingerprint density at radius 1 is 0.867 bits per heavy atom. The first-order valence-electron chi connectivity index (χ1n) is 8.88. The van der Waals surface area contributed by atoms with E-state index in [9.17, 15) is 8.42 Å². The topological polar surface area (TPSA) is 138 Å². The third-order valence-corrected chi connectivity index (χ3v) is 5.32. The number of aromatic amines is 1. The van der Waals surface area contributed by atoms with Crippen molar-refractivity contribution in [1.29, 1.82) is 0 Å². The van der Waals surface area contributed by atoms with E-state index in [0.29, 0.717) is 23.1 Å². The molecule has 0 aliphatic heterocycles. The van der Waals surface area contributed by atoms with Gasteiger partial charge in [0.2, 0.25) is 0 Å². The minimum absolute atomic E-state index is 0.00573. The number of aryl methyl sites for hydroxylation is 1. The molecule has 1 aromatic carbocycles. The second kappa shape index (κ2) is 8.17. The number of hydrogen-bond acceptors (Lipinski definition) is 8. The van der Waals surface area contributed by atoms with Crippen molar-refractivity contribution in [1.82, 2.24) is 24.9 Å². The molecule has 3 aromatic heterocycles. The monoisotopic (exact) mass is 422 g/mol. The zero-order valence-electron chi connectivity index (χ0n) is 15.9. The van der Waals surface area contributed by atoms with Gasteiger partial charge < -0.3 is 15.6 Å². The normalized spacial score (nSPS) is 11.1. The molecule has 0 aliphatic rings. The van der Waals surface area contributed by atoms with Crippen molar-refractivity contribution in [3.63, 3.8) is 0 Å². The number of H-pyrrole nitrogens is 1. The summed E-state index contributed by atoms with van der Waals surface area (Å²) in [5.41, 5.74) is 2.24. The van der Waals surface area contributed by atoms with Crippen LogP contribution in [0.3, 0.4) is 0 Å². The van der Waals surface area contributed by atoms with E-state index in [0.717, 1.165) is 11.3 Å². The molecule has 0 atom stereocenters. The third-order valence-electron chi connectivity index (χ3n) is 4.01. The van der Waals surface area contributed by atoms with Crippen LogP contribution >= 0.6 is 0 Å². The number of anilines is 5. The van der Waals surface area contributed by atoms with Gasteiger partial charge in [-0.15, -0.1) is 0 Å². The smallest absolute Gasteiger partial charge is 0.278 e. The molecule has 0 saturated carbocycles. The van der Waals surface area contributed by atoms with Gasteiger partial charge in [-0.05, 0) is 48.9 Å². The number of nitrogens with one attached hydrogen (secondary N) is 4. The minimum atomic E-state index is -3.70. The van der Waals surface area contributed by atoms with E-state index >= 15 is 0 Å². The molecule has 3 heterocycles. The van der Waals surface area contributed by atoms with Gasteiger partial charge in [-0.3, -0.25) is 4.72 Å². The quantitative estimate of drug-likeness (QED) is 0.356. The SMILES string of the molecule is Cc1ccnc(Nc2cc(Nc3ccc(NS(=O)(=O)c4cnc[nH]4)cc3)ncn2)c1. The molecule has 0 amide bonds. The lowest BCUT2D eigenvalue weighted by molar-refractivity contribution is 0.598. The summed E-state index contributed by atoms with van der Waals surface area (Å²) in [4.78, 5) is 18.9. The van der Waals surface area contributed by atoms with Gasteiger partial charge >= 0.3 is 0 Å². The number of imidazole rings is 1. The fraction of sp³-hybridized carbons (Fsp3) is 0.0526. The number of pyridine rings is 1. The van der Waals surface area contributed by atoms with Crippen LogP contribution in [0.4, 0.5) is 28.8 Å². The molecule has 0 saturated heterocycles. The fourth-order valence-corrected chi connectivity index (χ4v) is 3.56. The van der Waals surface area contributed by atoms with Crippen LogP contribution in [0.2, 0.25) is 0 Å². The van der Waals surface area contributed by atoms with E-state index in [2.05, 4.69) is 40.3 Å². The highest BCUT2D eigenvalue weighted by Crippen LogP contribution is 2.21. The van der Waals surface area contributed by atoms with Crippen LogP contribution in [0.15, 0.2) is 72.5 Å². The number of aromatic nitrogens is 5. The number of nitrogens with zero attached hydrogens (tertiary/aromatic N) is 4. The van der Waals surface area contributed by atoms with Crippen LogP contribution in [0, 0.1) is 6.92 Å². The molecule has 0 unspecified atom stereocenters. The fourth-order valence-electron chi connectivity index (χ4n) is 2.60. The largest absolute Gasteiger partial charge is 0.340 e. The summed E-state index contributed by atoms with van der Waals surface area (Å²) in [6, 6.07) is 12.3. The molecule has 4 N–H and O–H groups in total. The predicted molar refractivity (Wildman–Crippen MR) is 113 cm³/mol. The van der Waals surface area contributed by atoms with Crippen molar-refractivity contribution in [2.24, 2.45) is 0 Å². The van der Waals surface area contributed by atoms with Gasteiger partial charge in [0.05, 0.1) is 12.5 Å². The highest BCUT2D eigenvalue weighted by Gasteiger charge is 2.15. The first kappa shape index (κ1) is 19.3. The van der Waals surface area contributed by atoms with Gasteiger partial charge in [0.15, 0.2) is 5.03 Å². The second-order valence-electron chi connectivity index (χ2n) is 6.36. The average molecular weight is 422 g/mol.